The lowest BCUT2D eigenvalue weighted by Gasteiger charge is -2.00. The molecule has 0 aliphatic rings. The van der Waals surface area contributed by atoms with E-state index in [0.29, 0.717) is 17.3 Å². The molecule has 0 fully saturated rings. The van der Waals surface area contributed by atoms with Crippen molar-refractivity contribution >= 4 is 23.1 Å². The van der Waals surface area contributed by atoms with Gasteiger partial charge in [-0.15, -0.1) is 0 Å². The van der Waals surface area contributed by atoms with Crippen LogP contribution in [0.4, 0.5) is 10.1 Å². The zero-order valence-electron chi connectivity index (χ0n) is 7.93. The minimum atomic E-state index is -0.409. The highest BCUT2D eigenvalue weighted by molar-refractivity contribution is 6.30. The van der Waals surface area contributed by atoms with Gasteiger partial charge in [0.05, 0.1) is 5.84 Å². The molecule has 1 aromatic rings. The zero-order chi connectivity index (χ0) is 10.6. The fraction of sp³-hybridized carbons (Fsp3) is 0.300. The summed E-state index contributed by atoms with van der Waals surface area (Å²) in [6.45, 7) is 1.98. The Kier molecular flexibility index (Phi) is 3.89. The number of amidine groups is 1. The Bertz CT molecular complexity index is 350. The van der Waals surface area contributed by atoms with Gasteiger partial charge in [0.15, 0.2) is 0 Å². The molecule has 0 aromatic heterocycles. The fourth-order valence-electron chi connectivity index (χ4n) is 1.04. The molecule has 0 aliphatic heterocycles. The quantitative estimate of drug-likeness (QED) is 0.609. The summed E-state index contributed by atoms with van der Waals surface area (Å²) in [6, 6.07) is 4.21. The monoisotopic (exact) mass is 214 g/mol. The fourth-order valence-corrected chi connectivity index (χ4v) is 1.20. The van der Waals surface area contributed by atoms with Crippen molar-refractivity contribution in [3.8, 4) is 0 Å². The molecule has 14 heavy (non-hydrogen) atoms. The summed E-state index contributed by atoms with van der Waals surface area (Å²) in [6.07, 6.45) is 1.55. The molecule has 0 heterocycles. The first kappa shape index (κ1) is 11.0. The Balaban J connectivity index is 2.95. The zero-order valence-corrected chi connectivity index (χ0v) is 8.68. The van der Waals surface area contributed by atoms with Crippen molar-refractivity contribution < 1.29 is 4.39 Å². The van der Waals surface area contributed by atoms with Crippen LogP contribution in [0, 0.1) is 5.82 Å². The average molecular weight is 215 g/mol. The van der Waals surface area contributed by atoms with Gasteiger partial charge in [-0.2, -0.15) is 0 Å². The van der Waals surface area contributed by atoms with Gasteiger partial charge < -0.3 is 5.73 Å². The van der Waals surface area contributed by atoms with Gasteiger partial charge in [0.25, 0.3) is 0 Å². The molecule has 0 radical (unpaired) electrons. The van der Waals surface area contributed by atoms with E-state index in [2.05, 4.69) is 4.99 Å². The molecule has 0 bridgehead atoms. The number of aliphatic imine (C=N–C) groups is 1. The highest BCUT2D eigenvalue weighted by atomic mass is 35.5. The standard InChI is InChI=1S/C10H12ClFN2/c1-2-3-10(13)14-9-6-7(11)4-5-8(9)12/h4-6H,2-3H2,1H3,(H2,13,14). The van der Waals surface area contributed by atoms with Crippen molar-refractivity contribution in [3.05, 3.63) is 29.0 Å². The topological polar surface area (TPSA) is 38.4 Å². The first-order valence-electron chi connectivity index (χ1n) is 4.41. The predicted molar refractivity (Wildman–Crippen MR) is 57.6 cm³/mol. The van der Waals surface area contributed by atoms with E-state index in [1.807, 2.05) is 6.92 Å². The Morgan fingerprint density at radius 3 is 2.93 bits per heavy atom. The SMILES string of the molecule is CCCC(N)=Nc1cc(Cl)ccc1F. The second-order valence-corrected chi connectivity index (χ2v) is 3.39. The molecule has 1 aromatic carbocycles. The summed E-state index contributed by atoms with van der Waals surface area (Å²) in [5.41, 5.74) is 5.77. The van der Waals surface area contributed by atoms with Crippen molar-refractivity contribution in [2.24, 2.45) is 10.7 Å². The van der Waals surface area contributed by atoms with Gasteiger partial charge in [-0.1, -0.05) is 18.5 Å². The van der Waals surface area contributed by atoms with Crippen molar-refractivity contribution in [2.45, 2.75) is 19.8 Å². The lowest BCUT2D eigenvalue weighted by Crippen LogP contribution is -2.10. The van der Waals surface area contributed by atoms with Crippen LogP contribution >= 0.6 is 11.6 Å². The van der Waals surface area contributed by atoms with Crippen molar-refractivity contribution in [2.75, 3.05) is 0 Å². The molecule has 2 N–H and O–H groups in total. The summed E-state index contributed by atoms with van der Waals surface area (Å²) < 4.78 is 13.1. The van der Waals surface area contributed by atoms with Crippen LogP contribution in [0.15, 0.2) is 23.2 Å². The molecular weight excluding hydrogens is 203 g/mol. The normalized spacial score (nSPS) is 11.8. The summed E-state index contributed by atoms with van der Waals surface area (Å²) in [5, 5.41) is 0.453. The second-order valence-electron chi connectivity index (χ2n) is 2.95. The molecule has 0 amide bonds. The number of nitrogens with zero attached hydrogens (tertiary/aromatic N) is 1. The van der Waals surface area contributed by atoms with Crippen LogP contribution in [0.5, 0.6) is 0 Å². The molecule has 76 valence electrons. The number of nitrogens with two attached hydrogens (primary N) is 1. The minimum Gasteiger partial charge on any atom is -0.387 e. The van der Waals surface area contributed by atoms with Crippen LogP contribution in [0.1, 0.15) is 19.8 Å². The van der Waals surface area contributed by atoms with E-state index in [1.54, 1.807) is 0 Å². The van der Waals surface area contributed by atoms with Crippen LogP contribution in [0.2, 0.25) is 5.02 Å². The molecule has 0 saturated heterocycles. The van der Waals surface area contributed by atoms with Gasteiger partial charge in [-0.05, 0) is 24.6 Å². The number of halogens is 2. The van der Waals surface area contributed by atoms with Crippen molar-refractivity contribution in [1.29, 1.82) is 0 Å². The van der Waals surface area contributed by atoms with E-state index in [0.717, 1.165) is 6.42 Å². The second kappa shape index (κ2) is 4.96. The van der Waals surface area contributed by atoms with Crippen LogP contribution in [0.25, 0.3) is 0 Å². The lowest BCUT2D eigenvalue weighted by atomic mass is 10.3. The van der Waals surface area contributed by atoms with Crippen LogP contribution in [0.3, 0.4) is 0 Å². The van der Waals surface area contributed by atoms with Crippen LogP contribution < -0.4 is 5.73 Å². The van der Waals surface area contributed by atoms with Gasteiger partial charge in [-0.25, -0.2) is 9.38 Å². The first-order chi connectivity index (χ1) is 6.63. The molecular formula is C10H12ClFN2. The molecule has 2 nitrogen and oxygen atoms in total. The van der Waals surface area contributed by atoms with E-state index in [-0.39, 0.29) is 5.69 Å². The van der Waals surface area contributed by atoms with E-state index in [1.165, 1.54) is 18.2 Å². The van der Waals surface area contributed by atoms with E-state index >= 15 is 0 Å². The molecule has 0 spiro atoms. The van der Waals surface area contributed by atoms with Crippen LogP contribution in [-0.2, 0) is 0 Å². The van der Waals surface area contributed by atoms with E-state index < -0.39 is 5.82 Å². The molecule has 0 saturated carbocycles. The summed E-state index contributed by atoms with van der Waals surface area (Å²) in [7, 11) is 0. The third-order valence-corrected chi connectivity index (χ3v) is 1.91. The predicted octanol–water partition coefficient (Wildman–Crippen LogP) is 3.27. The van der Waals surface area contributed by atoms with E-state index in [9.17, 15) is 4.39 Å². The maximum absolute atomic E-state index is 13.1. The largest absolute Gasteiger partial charge is 0.387 e. The van der Waals surface area contributed by atoms with Crippen molar-refractivity contribution in [1.82, 2.24) is 0 Å². The van der Waals surface area contributed by atoms with Gasteiger partial charge >= 0.3 is 0 Å². The molecule has 0 atom stereocenters. The smallest absolute Gasteiger partial charge is 0.148 e. The van der Waals surface area contributed by atoms with Gasteiger partial charge in [0, 0.05) is 11.4 Å². The maximum atomic E-state index is 13.1. The Hall–Kier alpha value is -1.09. The number of benzene rings is 1. The lowest BCUT2D eigenvalue weighted by molar-refractivity contribution is 0.630. The van der Waals surface area contributed by atoms with Gasteiger partial charge in [0.1, 0.15) is 11.5 Å². The first-order valence-corrected chi connectivity index (χ1v) is 4.79. The summed E-state index contributed by atoms with van der Waals surface area (Å²) >= 11 is 5.70. The Labute approximate surface area is 87.6 Å². The Morgan fingerprint density at radius 2 is 2.29 bits per heavy atom. The number of hydrogen-bond acceptors (Lipinski definition) is 1. The maximum Gasteiger partial charge on any atom is 0.148 e. The third-order valence-electron chi connectivity index (χ3n) is 1.68. The average Bonchev–Trinajstić information content (AvgIpc) is 2.12. The molecule has 0 unspecified atom stereocenters. The molecule has 1 rings (SSSR count). The molecule has 0 aliphatic carbocycles. The summed E-state index contributed by atoms with van der Waals surface area (Å²) in [5.74, 6) is 0.0159. The summed E-state index contributed by atoms with van der Waals surface area (Å²) in [4.78, 5) is 3.94. The number of hydrogen-bond donors (Lipinski definition) is 1. The third kappa shape index (κ3) is 3.00. The van der Waals surface area contributed by atoms with Crippen LogP contribution in [-0.4, -0.2) is 5.84 Å². The highest BCUT2D eigenvalue weighted by Crippen LogP contribution is 2.22. The van der Waals surface area contributed by atoms with Crippen molar-refractivity contribution in [3.63, 3.8) is 0 Å². The van der Waals surface area contributed by atoms with E-state index in [4.69, 9.17) is 17.3 Å². The van der Waals surface area contributed by atoms with Gasteiger partial charge in [0.2, 0.25) is 0 Å². The minimum absolute atomic E-state index is 0.198. The molecule has 4 heteroatoms. The van der Waals surface area contributed by atoms with Gasteiger partial charge in [-0.3, -0.25) is 0 Å². The Morgan fingerprint density at radius 1 is 1.57 bits per heavy atom. The number of rotatable bonds is 3. The highest BCUT2D eigenvalue weighted by Gasteiger charge is 2.01.